The Morgan fingerprint density at radius 3 is 2.93 bits per heavy atom. The molecule has 0 saturated heterocycles. The monoisotopic (exact) mass is 281 g/mol. The maximum absolute atomic E-state index is 5.06. The first kappa shape index (κ1) is 10.4. The smallest absolute Gasteiger partial charge is 0.158 e. The van der Waals surface area contributed by atoms with Gasteiger partial charge in [-0.1, -0.05) is 12.2 Å². The maximum Gasteiger partial charge on any atom is 0.158 e. The second-order valence-electron chi connectivity index (χ2n) is 3.08. The minimum absolute atomic E-state index is 0.568. The summed E-state index contributed by atoms with van der Waals surface area (Å²) in [5.41, 5.74) is 1.75. The SMILES string of the molecule is Cc1cc(=S)nc(-c2ncccc2Br)[nH]1. The van der Waals surface area contributed by atoms with Crippen LogP contribution < -0.4 is 0 Å². The van der Waals surface area contributed by atoms with E-state index in [1.54, 1.807) is 6.20 Å². The van der Waals surface area contributed by atoms with Gasteiger partial charge in [0.05, 0.1) is 0 Å². The van der Waals surface area contributed by atoms with Crippen LogP contribution in [0.3, 0.4) is 0 Å². The molecule has 3 nitrogen and oxygen atoms in total. The summed E-state index contributed by atoms with van der Waals surface area (Å²) in [5.74, 6) is 0.687. The maximum atomic E-state index is 5.06. The molecule has 5 heteroatoms. The van der Waals surface area contributed by atoms with Crippen molar-refractivity contribution in [2.75, 3.05) is 0 Å². The lowest BCUT2D eigenvalue weighted by Gasteiger charge is -2.03. The first-order valence-electron chi connectivity index (χ1n) is 4.35. The summed E-state index contributed by atoms with van der Waals surface area (Å²) >= 11 is 8.48. The summed E-state index contributed by atoms with van der Waals surface area (Å²) in [7, 11) is 0. The first-order chi connectivity index (χ1) is 7.16. The molecule has 0 radical (unpaired) electrons. The van der Waals surface area contributed by atoms with Gasteiger partial charge in [0.2, 0.25) is 0 Å². The predicted molar refractivity (Wildman–Crippen MR) is 65.1 cm³/mol. The number of aromatic amines is 1. The van der Waals surface area contributed by atoms with Gasteiger partial charge in [-0.15, -0.1) is 0 Å². The summed E-state index contributed by atoms with van der Waals surface area (Å²) in [5, 5.41) is 0. The zero-order valence-corrected chi connectivity index (χ0v) is 10.4. The highest BCUT2D eigenvalue weighted by molar-refractivity contribution is 9.10. The van der Waals surface area contributed by atoms with E-state index in [1.165, 1.54) is 0 Å². The number of nitrogens with one attached hydrogen (secondary N) is 1. The Bertz CT molecular complexity index is 550. The van der Waals surface area contributed by atoms with Crippen molar-refractivity contribution in [2.24, 2.45) is 0 Å². The number of aryl methyl sites for hydroxylation is 1. The number of H-pyrrole nitrogens is 1. The lowest BCUT2D eigenvalue weighted by Crippen LogP contribution is -1.94. The van der Waals surface area contributed by atoms with E-state index in [9.17, 15) is 0 Å². The van der Waals surface area contributed by atoms with Crippen molar-refractivity contribution in [1.29, 1.82) is 0 Å². The van der Waals surface area contributed by atoms with Crippen molar-refractivity contribution in [3.63, 3.8) is 0 Å². The molecule has 2 heterocycles. The number of pyridine rings is 1. The van der Waals surface area contributed by atoms with E-state index in [1.807, 2.05) is 25.1 Å². The molecular formula is C10H8BrN3S. The van der Waals surface area contributed by atoms with Crippen molar-refractivity contribution in [3.8, 4) is 11.5 Å². The molecule has 15 heavy (non-hydrogen) atoms. The number of halogens is 1. The molecule has 0 bridgehead atoms. The quantitative estimate of drug-likeness (QED) is 0.816. The second-order valence-corrected chi connectivity index (χ2v) is 4.36. The minimum atomic E-state index is 0.568. The molecule has 1 N–H and O–H groups in total. The summed E-state index contributed by atoms with van der Waals surface area (Å²) in [6, 6.07) is 5.59. The van der Waals surface area contributed by atoms with Gasteiger partial charge in [-0.3, -0.25) is 4.98 Å². The van der Waals surface area contributed by atoms with Gasteiger partial charge in [0.1, 0.15) is 10.3 Å². The number of hydrogen-bond acceptors (Lipinski definition) is 3. The van der Waals surface area contributed by atoms with Gasteiger partial charge in [0.25, 0.3) is 0 Å². The normalized spacial score (nSPS) is 10.3. The van der Waals surface area contributed by atoms with Gasteiger partial charge in [-0.2, -0.15) is 0 Å². The number of hydrogen-bond donors (Lipinski definition) is 1. The molecule has 0 saturated carbocycles. The summed E-state index contributed by atoms with van der Waals surface area (Å²) < 4.78 is 1.47. The highest BCUT2D eigenvalue weighted by atomic mass is 79.9. The molecule has 0 aliphatic heterocycles. The molecule has 0 aliphatic carbocycles. The fraction of sp³-hybridized carbons (Fsp3) is 0.100. The zero-order valence-electron chi connectivity index (χ0n) is 7.99. The first-order valence-corrected chi connectivity index (χ1v) is 5.56. The standard InChI is InChI=1S/C10H8BrN3S/c1-6-5-8(15)14-10(13-6)9-7(11)3-2-4-12-9/h2-5H,1H3,(H,13,14,15). The third kappa shape index (κ3) is 2.30. The van der Waals surface area contributed by atoms with Gasteiger partial charge >= 0.3 is 0 Å². The van der Waals surface area contributed by atoms with Gasteiger partial charge in [0.15, 0.2) is 5.82 Å². The van der Waals surface area contributed by atoms with Crippen molar-refractivity contribution in [3.05, 3.63) is 39.2 Å². The summed E-state index contributed by atoms with van der Waals surface area (Å²) in [6.45, 7) is 1.94. The Labute approximate surface area is 101 Å². The lowest BCUT2D eigenvalue weighted by atomic mass is 10.3. The molecule has 0 amide bonds. The van der Waals surface area contributed by atoms with Crippen LogP contribution in [0.5, 0.6) is 0 Å². The van der Waals surface area contributed by atoms with Crippen LogP contribution in [-0.4, -0.2) is 15.0 Å². The van der Waals surface area contributed by atoms with Crippen LogP contribution in [0.15, 0.2) is 28.9 Å². The van der Waals surface area contributed by atoms with Crippen LogP contribution in [0.25, 0.3) is 11.5 Å². The van der Waals surface area contributed by atoms with Crippen LogP contribution in [0, 0.1) is 11.6 Å². The van der Waals surface area contributed by atoms with Crippen LogP contribution in [0.1, 0.15) is 5.69 Å². The van der Waals surface area contributed by atoms with Crippen molar-refractivity contribution < 1.29 is 0 Å². The van der Waals surface area contributed by atoms with E-state index in [2.05, 4.69) is 30.9 Å². The third-order valence-corrected chi connectivity index (χ3v) is 2.71. The number of rotatable bonds is 1. The Hall–Kier alpha value is -1.07. The zero-order chi connectivity index (χ0) is 10.8. The molecule has 76 valence electrons. The largest absolute Gasteiger partial charge is 0.342 e. The van der Waals surface area contributed by atoms with E-state index in [-0.39, 0.29) is 0 Å². The average Bonchev–Trinajstić information content (AvgIpc) is 2.16. The highest BCUT2D eigenvalue weighted by Gasteiger charge is 2.05. The molecule has 0 fully saturated rings. The van der Waals surface area contributed by atoms with E-state index in [4.69, 9.17) is 12.2 Å². The van der Waals surface area contributed by atoms with Crippen LogP contribution in [-0.2, 0) is 0 Å². The van der Waals surface area contributed by atoms with Gasteiger partial charge in [-0.05, 0) is 41.1 Å². The summed E-state index contributed by atoms with van der Waals surface area (Å²) in [6.07, 6.45) is 1.72. The predicted octanol–water partition coefficient (Wildman–Crippen LogP) is 3.27. The van der Waals surface area contributed by atoms with Gasteiger partial charge in [0, 0.05) is 16.4 Å². The molecule has 0 unspecified atom stereocenters. The minimum Gasteiger partial charge on any atom is -0.342 e. The second kappa shape index (κ2) is 4.20. The van der Waals surface area contributed by atoms with Gasteiger partial charge < -0.3 is 4.98 Å². The number of aromatic nitrogens is 3. The van der Waals surface area contributed by atoms with Crippen LogP contribution in [0.4, 0.5) is 0 Å². The molecule has 2 aromatic rings. The highest BCUT2D eigenvalue weighted by Crippen LogP contribution is 2.22. The molecule has 2 rings (SSSR count). The Kier molecular flexibility index (Phi) is 2.93. The van der Waals surface area contributed by atoms with Crippen molar-refractivity contribution in [2.45, 2.75) is 6.92 Å². The van der Waals surface area contributed by atoms with Crippen LogP contribution in [0.2, 0.25) is 0 Å². The van der Waals surface area contributed by atoms with E-state index in [0.29, 0.717) is 10.5 Å². The Morgan fingerprint density at radius 2 is 2.27 bits per heavy atom. The van der Waals surface area contributed by atoms with E-state index in [0.717, 1.165) is 15.9 Å². The fourth-order valence-corrected chi connectivity index (χ4v) is 1.96. The molecular weight excluding hydrogens is 274 g/mol. The Morgan fingerprint density at radius 1 is 1.47 bits per heavy atom. The average molecular weight is 282 g/mol. The fourth-order valence-electron chi connectivity index (χ4n) is 1.25. The third-order valence-electron chi connectivity index (χ3n) is 1.86. The van der Waals surface area contributed by atoms with E-state index < -0.39 is 0 Å². The number of nitrogens with zero attached hydrogens (tertiary/aromatic N) is 2. The topological polar surface area (TPSA) is 41.6 Å². The van der Waals surface area contributed by atoms with E-state index >= 15 is 0 Å². The molecule has 0 spiro atoms. The van der Waals surface area contributed by atoms with Crippen molar-refractivity contribution >= 4 is 28.1 Å². The van der Waals surface area contributed by atoms with Gasteiger partial charge in [-0.25, -0.2) is 4.98 Å². The molecule has 0 aliphatic rings. The van der Waals surface area contributed by atoms with Crippen LogP contribution >= 0.6 is 28.1 Å². The molecule has 0 atom stereocenters. The molecule has 2 aromatic heterocycles. The Balaban J connectivity index is 2.64. The molecule has 0 aromatic carbocycles. The summed E-state index contributed by atoms with van der Waals surface area (Å²) in [4.78, 5) is 11.6. The lowest BCUT2D eigenvalue weighted by molar-refractivity contribution is 1.07. The van der Waals surface area contributed by atoms with Crippen molar-refractivity contribution in [1.82, 2.24) is 15.0 Å².